The summed E-state index contributed by atoms with van der Waals surface area (Å²) in [6, 6.07) is 8.51. The fourth-order valence-electron chi connectivity index (χ4n) is 2.64. The first-order chi connectivity index (χ1) is 9.12. The lowest BCUT2D eigenvalue weighted by molar-refractivity contribution is 0.0999. The van der Waals surface area contributed by atoms with Crippen molar-refractivity contribution in [1.82, 2.24) is 0 Å². The largest absolute Gasteiger partial charge is 0.379 e. The number of hydrogen-bond acceptors (Lipinski definition) is 4. The van der Waals surface area contributed by atoms with Crippen LogP contribution in [0.5, 0.6) is 0 Å². The highest BCUT2D eigenvalue weighted by Gasteiger charge is 2.34. The van der Waals surface area contributed by atoms with Crippen LogP contribution < -0.4 is 15.5 Å². The van der Waals surface area contributed by atoms with Gasteiger partial charge in [0.05, 0.1) is 23.5 Å². The van der Waals surface area contributed by atoms with Gasteiger partial charge in [-0.25, -0.2) is 0 Å². The topological polar surface area (TPSA) is 41.7 Å². The molecular formula is C15H25N3O. The molecule has 1 aromatic rings. The maximum absolute atomic E-state index is 6.04. The number of likely N-dealkylation sites (N-methyl/N-ethyl adjacent to an activating group) is 1. The number of hydrogen-bond donors (Lipinski definition) is 1. The van der Waals surface area contributed by atoms with E-state index in [9.17, 15) is 0 Å². The predicted molar refractivity (Wildman–Crippen MR) is 81.0 cm³/mol. The molecule has 1 aliphatic heterocycles. The summed E-state index contributed by atoms with van der Waals surface area (Å²) in [7, 11) is 2.14. The van der Waals surface area contributed by atoms with Gasteiger partial charge in [0.2, 0.25) is 0 Å². The Morgan fingerprint density at radius 2 is 1.95 bits per heavy atom. The molecule has 0 amide bonds. The Morgan fingerprint density at radius 1 is 1.26 bits per heavy atom. The molecule has 1 unspecified atom stereocenters. The number of nitrogens with two attached hydrogens (primary N) is 1. The third kappa shape index (κ3) is 2.69. The lowest BCUT2D eigenvalue weighted by Crippen LogP contribution is -2.58. The molecule has 1 heterocycles. The Morgan fingerprint density at radius 3 is 2.58 bits per heavy atom. The van der Waals surface area contributed by atoms with Crippen LogP contribution >= 0.6 is 0 Å². The molecule has 0 saturated heterocycles. The zero-order valence-corrected chi connectivity index (χ0v) is 12.2. The van der Waals surface area contributed by atoms with Gasteiger partial charge in [-0.05, 0) is 26.0 Å². The van der Waals surface area contributed by atoms with Crippen LogP contribution in [0.1, 0.15) is 13.8 Å². The molecule has 0 aromatic heterocycles. The van der Waals surface area contributed by atoms with Crippen LogP contribution in [-0.2, 0) is 4.74 Å². The quantitative estimate of drug-likeness (QED) is 0.878. The molecule has 0 aliphatic carbocycles. The van der Waals surface area contributed by atoms with E-state index in [-0.39, 0.29) is 5.54 Å². The highest BCUT2D eigenvalue weighted by atomic mass is 16.5. The third-order valence-corrected chi connectivity index (χ3v) is 3.95. The Labute approximate surface area is 116 Å². The average molecular weight is 263 g/mol. The van der Waals surface area contributed by atoms with E-state index in [1.54, 1.807) is 0 Å². The number of rotatable bonds is 5. The highest BCUT2D eigenvalue weighted by molar-refractivity contribution is 5.74. The van der Waals surface area contributed by atoms with Crippen LogP contribution in [-0.4, -0.2) is 45.4 Å². The smallest absolute Gasteiger partial charge is 0.0730 e. The maximum atomic E-state index is 6.04. The summed E-state index contributed by atoms with van der Waals surface area (Å²) in [5.41, 5.74) is 8.41. The van der Waals surface area contributed by atoms with E-state index in [1.807, 2.05) is 6.92 Å². The van der Waals surface area contributed by atoms with Crippen molar-refractivity contribution in [3.05, 3.63) is 24.3 Å². The van der Waals surface area contributed by atoms with Gasteiger partial charge in [-0.3, -0.25) is 0 Å². The van der Waals surface area contributed by atoms with E-state index in [2.05, 4.69) is 48.0 Å². The molecule has 0 bridgehead atoms. The molecule has 1 aliphatic rings. The van der Waals surface area contributed by atoms with E-state index in [0.717, 1.165) is 19.7 Å². The molecule has 2 rings (SSSR count). The van der Waals surface area contributed by atoms with Gasteiger partial charge in [-0.2, -0.15) is 0 Å². The Balaban J connectivity index is 2.32. The van der Waals surface area contributed by atoms with Gasteiger partial charge in [0.15, 0.2) is 0 Å². The Hall–Kier alpha value is -1.26. The van der Waals surface area contributed by atoms with E-state index < -0.39 is 0 Å². The molecule has 1 atom stereocenters. The number of para-hydroxylation sites is 2. The number of fused-ring (bicyclic) bond motifs is 1. The first-order valence-electron chi connectivity index (χ1n) is 6.98. The van der Waals surface area contributed by atoms with Crippen molar-refractivity contribution < 1.29 is 4.74 Å². The van der Waals surface area contributed by atoms with Gasteiger partial charge in [0.1, 0.15) is 0 Å². The zero-order valence-electron chi connectivity index (χ0n) is 12.2. The fraction of sp³-hybridized carbons (Fsp3) is 0.600. The number of anilines is 2. The van der Waals surface area contributed by atoms with E-state index >= 15 is 0 Å². The van der Waals surface area contributed by atoms with Crippen LogP contribution in [0.25, 0.3) is 0 Å². The van der Waals surface area contributed by atoms with Crippen molar-refractivity contribution >= 4 is 11.4 Å². The molecule has 0 saturated carbocycles. The van der Waals surface area contributed by atoms with Crippen molar-refractivity contribution in [2.24, 2.45) is 5.73 Å². The van der Waals surface area contributed by atoms with Crippen molar-refractivity contribution in [3.8, 4) is 0 Å². The summed E-state index contributed by atoms with van der Waals surface area (Å²) >= 11 is 0. The maximum Gasteiger partial charge on any atom is 0.0730 e. The third-order valence-electron chi connectivity index (χ3n) is 3.95. The molecule has 4 nitrogen and oxygen atoms in total. The lowest BCUT2D eigenvalue weighted by atomic mass is 9.98. The van der Waals surface area contributed by atoms with Crippen LogP contribution in [0, 0.1) is 0 Å². The Kier molecular flexibility index (Phi) is 4.32. The van der Waals surface area contributed by atoms with Crippen molar-refractivity contribution in [3.63, 3.8) is 0 Å². The van der Waals surface area contributed by atoms with Gasteiger partial charge in [0.25, 0.3) is 0 Å². The molecule has 19 heavy (non-hydrogen) atoms. The fourth-order valence-corrected chi connectivity index (χ4v) is 2.64. The SMILES string of the molecule is CCOCC(C)(CN)N1CCN(C)c2ccccc21. The minimum Gasteiger partial charge on any atom is -0.379 e. The summed E-state index contributed by atoms with van der Waals surface area (Å²) in [5, 5.41) is 0. The van der Waals surface area contributed by atoms with E-state index in [4.69, 9.17) is 10.5 Å². The number of ether oxygens (including phenoxy) is 1. The second-order valence-electron chi connectivity index (χ2n) is 5.40. The summed E-state index contributed by atoms with van der Waals surface area (Å²) < 4.78 is 5.65. The Bertz CT molecular complexity index is 424. The molecule has 0 fully saturated rings. The van der Waals surface area contributed by atoms with Crippen molar-refractivity contribution in [1.29, 1.82) is 0 Å². The molecule has 106 valence electrons. The highest BCUT2D eigenvalue weighted by Crippen LogP contribution is 2.36. The standard InChI is InChI=1S/C15H25N3O/c1-4-19-12-15(2,11-16)18-10-9-17(3)13-7-5-6-8-14(13)18/h5-8H,4,9-12,16H2,1-3H3. The van der Waals surface area contributed by atoms with Gasteiger partial charge < -0.3 is 20.3 Å². The van der Waals surface area contributed by atoms with Crippen molar-refractivity contribution in [2.45, 2.75) is 19.4 Å². The van der Waals surface area contributed by atoms with Crippen molar-refractivity contribution in [2.75, 3.05) is 49.7 Å². The number of nitrogens with zero attached hydrogens (tertiary/aromatic N) is 2. The second-order valence-corrected chi connectivity index (χ2v) is 5.40. The van der Waals surface area contributed by atoms with Gasteiger partial charge >= 0.3 is 0 Å². The van der Waals surface area contributed by atoms with Crippen LogP contribution in [0.15, 0.2) is 24.3 Å². The van der Waals surface area contributed by atoms with Gasteiger partial charge in [0, 0.05) is 33.3 Å². The molecular weight excluding hydrogens is 238 g/mol. The monoisotopic (exact) mass is 263 g/mol. The molecule has 0 radical (unpaired) electrons. The zero-order chi connectivity index (χ0) is 13.9. The average Bonchev–Trinajstić information content (AvgIpc) is 2.45. The molecule has 1 aromatic carbocycles. The second kappa shape index (κ2) is 5.80. The molecule has 0 spiro atoms. The first-order valence-corrected chi connectivity index (χ1v) is 6.98. The predicted octanol–water partition coefficient (Wildman–Crippen LogP) is 1.70. The van der Waals surface area contributed by atoms with Crippen LogP contribution in [0.3, 0.4) is 0 Å². The number of benzene rings is 1. The minimum atomic E-state index is -0.145. The minimum absolute atomic E-state index is 0.145. The lowest BCUT2D eigenvalue weighted by Gasteiger charge is -2.47. The summed E-state index contributed by atoms with van der Waals surface area (Å²) in [6.07, 6.45) is 0. The van der Waals surface area contributed by atoms with Gasteiger partial charge in [-0.1, -0.05) is 12.1 Å². The summed E-state index contributed by atoms with van der Waals surface area (Å²) in [4.78, 5) is 4.70. The molecule has 4 heteroatoms. The summed E-state index contributed by atoms with van der Waals surface area (Å²) in [6.45, 7) is 8.18. The summed E-state index contributed by atoms with van der Waals surface area (Å²) in [5.74, 6) is 0. The van der Waals surface area contributed by atoms with Gasteiger partial charge in [-0.15, -0.1) is 0 Å². The van der Waals surface area contributed by atoms with E-state index in [1.165, 1.54) is 11.4 Å². The molecule has 2 N–H and O–H groups in total. The van der Waals surface area contributed by atoms with Crippen LogP contribution in [0.2, 0.25) is 0 Å². The normalized spacial score (nSPS) is 18.1. The first kappa shape index (κ1) is 14.2. The van der Waals surface area contributed by atoms with E-state index in [0.29, 0.717) is 13.2 Å². The van der Waals surface area contributed by atoms with Crippen LogP contribution in [0.4, 0.5) is 11.4 Å².